The maximum atomic E-state index is 11.7. The van der Waals surface area contributed by atoms with Crippen LogP contribution in [0, 0.1) is 11.3 Å². The number of nitriles is 1. The van der Waals surface area contributed by atoms with Gasteiger partial charge in [-0.1, -0.05) is 12.1 Å². The molecule has 2 rings (SSSR count). The van der Waals surface area contributed by atoms with Gasteiger partial charge in [0.15, 0.2) is 0 Å². The number of thiophene rings is 1. The van der Waals surface area contributed by atoms with E-state index in [1.165, 1.54) is 11.3 Å². The van der Waals surface area contributed by atoms with Gasteiger partial charge in [0.1, 0.15) is 0 Å². The van der Waals surface area contributed by atoms with Gasteiger partial charge in [0, 0.05) is 5.69 Å². The smallest absolute Gasteiger partial charge is 0.261 e. The first kappa shape index (κ1) is 13.8. The molecule has 2 amide bonds. The number of hydrogen-bond donors (Lipinski definition) is 2. The van der Waals surface area contributed by atoms with Crippen LogP contribution in [0.1, 0.15) is 15.2 Å². The molecule has 0 saturated heterocycles. The molecule has 0 atom stereocenters. The highest BCUT2D eigenvalue weighted by atomic mass is 32.1. The van der Waals surface area contributed by atoms with Crippen LogP contribution in [-0.4, -0.2) is 18.4 Å². The van der Waals surface area contributed by atoms with Gasteiger partial charge in [0.05, 0.1) is 23.1 Å². The molecule has 0 aliphatic rings. The highest BCUT2D eigenvalue weighted by molar-refractivity contribution is 7.12. The molecule has 20 heavy (non-hydrogen) atoms. The first-order valence-electron chi connectivity index (χ1n) is 5.81. The maximum absolute atomic E-state index is 11.7. The van der Waals surface area contributed by atoms with Crippen LogP contribution in [0.25, 0.3) is 0 Å². The number of hydrogen-bond acceptors (Lipinski definition) is 4. The molecule has 0 aliphatic carbocycles. The Bertz CT molecular complexity index is 659. The summed E-state index contributed by atoms with van der Waals surface area (Å²) < 4.78 is 0. The molecule has 100 valence electrons. The average Bonchev–Trinajstić information content (AvgIpc) is 2.99. The molecule has 0 aliphatic heterocycles. The summed E-state index contributed by atoms with van der Waals surface area (Å²) in [7, 11) is 0. The Morgan fingerprint density at radius 2 is 2.10 bits per heavy atom. The Hall–Kier alpha value is -2.65. The summed E-state index contributed by atoms with van der Waals surface area (Å²) in [4.78, 5) is 23.9. The minimum absolute atomic E-state index is 0.118. The van der Waals surface area contributed by atoms with Crippen molar-refractivity contribution in [2.24, 2.45) is 0 Å². The van der Waals surface area contributed by atoms with Crippen LogP contribution in [0.4, 0.5) is 5.69 Å². The lowest BCUT2D eigenvalue weighted by atomic mass is 10.2. The van der Waals surface area contributed by atoms with E-state index in [2.05, 4.69) is 10.6 Å². The monoisotopic (exact) mass is 285 g/mol. The van der Waals surface area contributed by atoms with Gasteiger partial charge in [-0.15, -0.1) is 11.3 Å². The molecule has 2 N–H and O–H groups in total. The van der Waals surface area contributed by atoms with Crippen LogP contribution in [-0.2, 0) is 4.79 Å². The van der Waals surface area contributed by atoms with Crippen molar-refractivity contribution in [3.8, 4) is 6.07 Å². The zero-order chi connectivity index (χ0) is 14.4. The molecule has 5 nitrogen and oxygen atoms in total. The molecule has 0 saturated carbocycles. The second-order valence-corrected chi connectivity index (χ2v) is 4.85. The van der Waals surface area contributed by atoms with Crippen LogP contribution in [0.3, 0.4) is 0 Å². The summed E-state index contributed by atoms with van der Waals surface area (Å²) >= 11 is 1.31. The van der Waals surface area contributed by atoms with Crippen LogP contribution in [0.5, 0.6) is 0 Å². The van der Waals surface area contributed by atoms with Crippen molar-refractivity contribution in [2.75, 3.05) is 11.9 Å². The van der Waals surface area contributed by atoms with Crippen molar-refractivity contribution in [1.29, 1.82) is 5.26 Å². The predicted octanol–water partition coefficient (Wildman–Crippen LogP) is 1.99. The topological polar surface area (TPSA) is 82.0 Å². The molecule has 2 aromatic rings. The number of carbonyl (C=O) groups excluding carboxylic acids is 2. The van der Waals surface area contributed by atoms with Crippen molar-refractivity contribution < 1.29 is 9.59 Å². The van der Waals surface area contributed by atoms with E-state index in [1.54, 1.807) is 41.8 Å². The van der Waals surface area contributed by atoms with Gasteiger partial charge in [-0.05, 0) is 29.6 Å². The molecular formula is C14H11N3O2S. The molecule has 0 bridgehead atoms. The van der Waals surface area contributed by atoms with E-state index in [-0.39, 0.29) is 18.4 Å². The van der Waals surface area contributed by atoms with Crippen molar-refractivity contribution in [1.82, 2.24) is 5.32 Å². The number of nitrogens with one attached hydrogen (secondary N) is 2. The summed E-state index contributed by atoms with van der Waals surface area (Å²) in [5.41, 5.74) is 0.991. The van der Waals surface area contributed by atoms with Crippen molar-refractivity contribution >= 4 is 28.8 Å². The molecular weight excluding hydrogens is 274 g/mol. The summed E-state index contributed by atoms with van der Waals surface area (Å²) in [6.07, 6.45) is 0. The van der Waals surface area contributed by atoms with E-state index in [9.17, 15) is 9.59 Å². The summed E-state index contributed by atoms with van der Waals surface area (Å²) in [6.45, 7) is -0.118. The Morgan fingerprint density at radius 3 is 2.80 bits per heavy atom. The van der Waals surface area contributed by atoms with Crippen LogP contribution >= 0.6 is 11.3 Å². The Balaban J connectivity index is 1.86. The summed E-state index contributed by atoms with van der Waals surface area (Å²) in [5, 5.41) is 15.7. The number of amides is 2. The van der Waals surface area contributed by atoms with E-state index >= 15 is 0 Å². The van der Waals surface area contributed by atoms with E-state index in [0.29, 0.717) is 16.1 Å². The van der Waals surface area contributed by atoms with Gasteiger partial charge >= 0.3 is 0 Å². The highest BCUT2D eigenvalue weighted by Crippen LogP contribution is 2.10. The second kappa shape index (κ2) is 6.50. The molecule has 0 fully saturated rings. The molecule has 6 heteroatoms. The van der Waals surface area contributed by atoms with Crippen LogP contribution in [0.2, 0.25) is 0 Å². The SMILES string of the molecule is N#Cc1cccc(NC(=O)CNC(=O)c2cccs2)c1. The first-order valence-corrected chi connectivity index (χ1v) is 6.69. The Morgan fingerprint density at radius 1 is 1.25 bits per heavy atom. The molecule has 0 radical (unpaired) electrons. The van der Waals surface area contributed by atoms with Crippen molar-refractivity contribution in [3.05, 3.63) is 52.2 Å². The number of anilines is 1. The number of benzene rings is 1. The fraction of sp³-hybridized carbons (Fsp3) is 0.0714. The predicted molar refractivity (Wildman–Crippen MR) is 76.4 cm³/mol. The van der Waals surface area contributed by atoms with Gasteiger partial charge < -0.3 is 10.6 Å². The molecule has 0 unspecified atom stereocenters. The minimum atomic E-state index is -0.343. The lowest BCUT2D eigenvalue weighted by Gasteiger charge is -2.06. The third-order valence-electron chi connectivity index (χ3n) is 2.43. The fourth-order valence-electron chi connectivity index (χ4n) is 1.53. The van der Waals surface area contributed by atoms with E-state index < -0.39 is 0 Å². The third-order valence-corrected chi connectivity index (χ3v) is 3.30. The van der Waals surface area contributed by atoms with Gasteiger partial charge in [0.25, 0.3) is 5.91 Å². The van der Waals surface area contributed by atoms with Gasteiger partial charge in [0.2, 0.25) is 5.91 Å². The second-order valence-electron chi connectivity index (χ2n) is 3.90. The van der Waals surface area contributed by atoms with Gasteiger partial charge in [-0.3, -0.25) is 9.59 Å². The quantitative estimate of drug-likeness (QED) is 0.901. The zero-order valence-corrected chi connectivity index (χ0v) is 11.2. The number of carbonyl (C=O) groups is 2. The van der Waals surface area contributed by atoms with Gasteiger partial charge in [-0.25, -0.2) is 0 Å². The number of nitrogens with zero attached hydrogens (tertiary/aromatic N) is 1. The molecule has 1 aromatic heterocycles. The standard InChI is InChI=1S/C14H11N3O2S/c15-8-10-3-1-4-11(7-10)17-13(18)9-16-14(19)12-5-2-6-20-12/h1-7H,9H2,(H,16,19)(H,17,18). The number of rotatable bonds is 4. The fourth-order valence-corrected chi connectivity index (χ4v) is 2.17. The lowest BCUT2D eigenvalue weighted by molar-refractivity contribution is -0.115. The average molecular weight is 285 g/mol. The summed E-state index contributed by atoms with van der Waals surface area (Å²) in [6, 6.07) is 12.0. The van der Waals surface area contributed by atoms with Crippen LogP contribution in [0.15, 0.2) is 41.8 Å². The summed E-state index contributed by atoms with van der Waals surface area (Å²) in [5.74, 6) is -0.620. The Kier molecular flexibility index (Phi) is 4.47. The van der Waals surface area contributed by atoms with E-state index in [1.807, 2.05) is 6.07 Å². The minimum Gasteiger partial charge on any atom is -0.342 e. The molecule has 1 aromatic carbocycles. The van der Waals surface area contributed by atoms with Crippen molar-refractivity contribution in [2.45, 2.75) is 0 Å². The maximum Gasteiger partial charge on any atom is 0.261 e. The molecule has 1 heterocycles. The normalized spacial score (nSPS) is 9.55. The van der Waals surface area contributed by atoms with Crippen LogP contribution < -0.4 is 10.6 Å². The Labute approximate surface area is 119 Å². The van der Waals surface area contributed by atoms with E-state index in [0.717, 1.165) is 0 Å². The van der Waals surface area contributed by atoms with E-state index in [4.69, 9.17) is 5.26 Å². The third kappa shape index (κ3) is 3.67. The first-order chi connectivity index (χ1) is 9.69. The largest absolute Gasteiger partial charge is 0.342 e. The lowest BCUT2D eigenvalue weighted by Crippen LogP contribution is -2.32. The highest BCUT2D eigenvalue weighted by Gasteiger charge is 2.08. The van der Waals surface area contributed by atoms with Crippen molar-refractivity contribution in [3.63, 3.8) is 0 Å². The van der Waals surface area contributed by atoms with Gasteiger partial charge in [-0.2, -0.15) is 5.26 Å². The zero-order valence-electron chi connectivity index (χ0n) is 10.4. The molecule has 0 spiro atoms.